The lowest BCUT2D eigenvalue weighted by molar-refractivity contribution is 0.0944. The van der Waals surface area contributed by atoms with Gasteiger partial charge in [0.25, 0.3) is 5.91 Å². The number of hydrogen-bond acceptors (Lipinski definition) is 6. The number of carbonyl (C=O) groups is 1. The van der Waals surface area contributed by atoms with Crippen LogP contribution in [0.4, 0.5) is 5.00 Å². The van der Waals surface area contributed by atoms with Crippen molar-refractivity contribution in [2.45, 2.75) is 19.9 Å². The number of benzene rings is 2. The highest BCUT2D eigenvalue weighted by molar-refractivity contribution is 7.16. The van der Waals surface area contributed by atoms with Crippen LogP contribution in [-0.2, 0) is 0 Å². The summed E-state index contributed by atoms with van der Waals surface area (Å²) in [6.45, 7) is 8.73. The maximum atomic E-state index is 13.1. The van der Waals surface area contributed by atoms with Crippen molar-refractivity contribution in [1.29, 1.82) is 0 Å². The molecule has 0 aliphatic carbocycles. The van der Waals surface area contributed by atoms with Gasteiger partial charge in [0.2, 0.25) is 0 Å². The van der Waals surface area contributed by atoms with E-state index in [0.717, 1.165) is 42.5 Å². The molecule has 0 radical (unpaired) electrons. The molecule has 0 spiro atoms. The van der Waals surface area contributed by atoms with Crippen LogP contribution in [0.1, 0.15) is 38.0 Å². The van der Waals surface area contributed by atoms with Crippen molar-refractivity contribution in [3.63, 3.8) is 0 Å². The lowest BCUT2D eigenvalue weighted by atomic mass is 9.94. The summed E-state index contributed by atoms with van der Waals surface area (Å²) in [5.74, 6) is 0.732. The Kier molecular flexibility index (Phi) is 8.00. The average molecular weight is 480 g/mol. The van der Waals surface area contributed by atoms with Gasteiger partial charge in [-0.05, 0) is 49.2 Å². The van der Waals surface area contributed by atoms with Gasteiger partial charge in [0.1, 0.15) is 10.8 Å². The molecule has 1 atom stereocenters. The first-order chi connectivity index (χ1) is 16.5. The zero-order chi connectivity index (χ0) is 24.1. The van der Waals surface area contributed by atoms with Crippen LogP contribution >= 0.6 is 11.3 Å². The number of piperazine rings is 1. The molecule has 6 nitrogen and oxygen atoms in total. The Labute approximate surface area is 205 Å². The molecule has 1 aliphatic heterocycles. The number of rotatable bonds is 8. The van der Waals surface area contributed by atoms with E-state index < -0.39 is 0 Å². The van der Waals surface area contributed by atoms with Gasteiger partial charge in [0.15, 0.2) is 0 Å². The third-order valence-electron chi connectivity index (χ3n) is 6.59. The summed E-state index contributed by atoms with van der Waals surface area (Å²) < 4.78 is 5.40. The molecule has 180 valence electrons. The highest BCUT2D eigenvalue weighted by Crippen LogP contribution is 2.43. The topological polar surface area (TPSA) is 65.0 Å². The van der Waals surface area contributed by atoms with E-state index in [9.17, 15) is 9.90 Å². The fourth-order valence-corrected chi connectivity index (χ4v) is 5.65. The molecular weight excluding hydrogens is 446 g/mol. The molecule has 1 saturated heterocycles. The largest absolute Gasteiger partial charge is 0.497 e. The summed E-state index contributed by atoms with van der Waals surface area (Å²) in [7, 11) is 1.68. The fraction of sp³-hybridized carbons (Fsp3) is 0.370. The van der Waals surface area contributed by atoms with E-state index in [0.29, 0.717) is 12.1 Å². The molecule has 0 bridgehead atoms. The van der Waals surface area contributed by atoms with Crippen molar-refractivity contribution in [2.24, 2.45) is 0 Å². The second kappa shape index (κ2) is 11.1. The van der Waals surface area contributed by atoms with Crippen LogP contribution in [0.2, 0.25) is 0 Å². The Bertz CT molecular complexity index is 1090. The molecule has 1 aliphatic rings. The minimum absolute atomic E-state index is 0.0122. The van der Waals surface area contributed by atoms with Crippen LogP contribution in [0.15, 0.2) is 54.6 Å². The van der Waals surface area contributed by atoms with Crippen LogP contribution in [0.3, 0.4) is 0 Å². The average Bonchev–Trinajstić information content (AvgIpc) is 3.14. The third-order valence-corrected chi connectivity index (χ3v) is 7.73. The van der Waals surface area contributed by atoms with Gasteiger partial charge in [-0.2, -0.15) is 0 Å². The lowest BCUT2D eigenvalue weighted by Crippen LogP contribution is -2.48. The number of aryl methyl sites for hydroxylation is 1. The van der Waals surface area contributed by atoms with Gasteiger partial charge in [0, 0.05) is 48.7 Å². The maximum Gasteiger partial charge on any atom is 0.256 e. The van der Waals surface area contributed by atoms with E-state index in [1.807, 2.05) is 42.5 Å². The van der Waals surface area contributed by atoms with Gasteiger partial charge in [-0.1, -0.05) is 30.3 Å². The van der Waals surface area contributed by atoms with Gasteiger partial charge in [-0.3, -0.25) is 14.6 Å². The summed E-state index contributed by atoms with van der Waals surface area (Å²) in [5, 5.41) is 13.5. The number of ether oxygens (including phenoxy) is 1. The summed E-state index contributed by atoms with van der Waals surface area (Å²) in [5.41, 5.74) is 4.20. The number of carbonyl (C=O) groups excluding carboxylic acids is 1. The minimum Gasteiger partial charge on any atom is -0.497 e. The number of anilines is 1. The number of β-amino-alcohol motifs (C(OH)–C–C–N with tert-alkyl or cyclic N) is 1. The Balaban J connectivity index is 1.71. The summed E-state index contributed by atoms with van der Waals surface area (Å²) in [4.78, 5) is 19.0. The zero-order valence-corrected chi connectivity index (χ0v) is 20.9. The molecule has 1 fully saturated rings. The first-order valence-corrected chi connectivity index (χ1v) is 12.5. The predicted molar refractivity (Wildman–Crippen MR) is 138 cm³/mol. The molecule has 4 rings (SSSR count). The van der Waals surface area contributed by atoms with E-state index in [1.54, 1.807) is 18.4 Å². The number of nitrogens with zero attached hydrogens (tertiary/aromatic N) is 2. The Morgan fingerprint density at radius 1 is 1.06 bits per heavy atom. The quantitative estimate of drug-likeness (QED) is 0.504. The predicted octanol–water partition coefficient (Wildman–Crippen LogP) is 4.33. The van der Waals surface area contributed by atoms with Gasteiger partial charge < -0.3 is 15.2 Å². The molecule has 2 heterocycles. The van der Waals surface area contributed by atoms with Crippen molar-refractivity contribution in [3.8, 4) is 5.75 Å². The Morgan fingerprint density at radius 3 is 2.35 bits per heavy atom. The Hall–Kier alpha value is -2.71. The van der Waals surface area contributed by atoms with E-state index >= 15 is 0 Å². The van der Waals surface area contributed by atoms with E-state index in [-0.39, 0.29) is 18.6 Å². The smallest absolute Gasteiger partial charge is 0.256 e. The molecular formula is C27H33N3O3S. The van der Waals surface area contributed by atoms with Gasteiger partial charge >= 0.3 is 0 Å². The second-order valence-electron chi connectivity index (χ2n) is 8.62. The van der Waals surface area contributed by atoms with E-state index in [1.165, 1.54) is 16.0 Å². The third kappa shape index (κ3) is 5.33. The van der Waals surface area contributed by atoms with Crippen LogP contribution in [0.25, 0.3) is 0 Å². The van der Waals surface area contributed by atoms with Gasteiger partial charge in [-0.15, -0.1) is 11.3 Å². The summed E-state index contributed by atoms with van der Waals surface area (Å²) in [6.07, 6.45) is 0. The molecule has 3 aromatic rings. The number of aliphatic hydroxyl groups excluding tert-OH is 1. The molecule has 2 aromatic carbocycles. The molecule has 1 aromatic heterocycles. The van der Waals surface area contributed by atoms with Crippen molar-refractivity contribution in [2.75, 3.05) is 51.8 Å². The van der Waals surface area contributed by atoms with Crippen molar-refractivity contribution in [1.82, 2.24) is 9.80 Å². The SMILES string of the molecule is COc1ccc([C@H](c2c(NC(=O)c3ccccc3)sc(C)c2C)N2CCN(CCO)CC2)cc1. The molecule has 0 unspecified atom stereocenters. The van der Waals surface area contributed by atoms with E-state index in [4.69, 9.17) is 4.74 Å². The first-order valence-electron chi connectivity index (χ1n) is 11.7. The molecule has 7 heteroatoms. The molecule has 34 heavy (non-hydrogen) atoms. The van der Waals surface area contributed by atoms with Crippen LogP contribution in [0.5, 0.6) is 5.75 Å². The number of aliphatic hydroxyl groups is 1. The maximum absolute atomic E-state index is 13.1. The minimum atomic E-state index is -0.0932. The number of thiophene rings is 1. The van der Waals surface area contributed by atoms with Crippen LogP contribution in [0, 0.1) is 13.8 Å². The van der Waals surface area contributed by atoms with Crippen molar-refractivity contribution < 1.29 is 14.6 Å². The van der Waals surface area contributed by atoms with Crippen LogP contribution < -0.4 is 10.1 Å². The molecule has 0 saturated carbocycles. The molecule has 2 N–H and O–H groups in total. The van der Waals surface area contributed by atoms with Gasteiger partial charge in [0.05, 0.1) is 19.8 Å². The Morgan fingerprint density at radius 2 is 1.74 bits per heavy atom. The standard InChI is InChI=1S/C27H33N3O3S/c1-19-20(2)34-27(28-26(32)22-7-5-4-6-8-22)24(19)25(21-9-11-23(33-3)12-10-21)30-15-13-29(14-16-30)17-18-31/h4-12,25,31H,13-18H2,1-3H3,(H,28,32)/t25-/m1/s1. The van der Waals surface area contributed by atoms with E-state index in [2.05, 4.69) is 41.1 Å². The second-order valence-corrected chi connectivity index (χ2v) is 9.85. The number of methoxy groups -OCH3 is 1. The van der Waals surface area contributed by atoms with Crippen molar-refractivity contribution >= 4 is 22.2 Å². The lowest BCUT2D eigenvalue weighted by Gasteiger charge is -2.40. The zero-order valence-electron chi connectivity index (χ0n) is 20.1. The fourth-order valence-electron chi connectivity index (χ4n) is 4.56. The highest BCUT2D eigenvalue weighted by atomic mass is 32.1. The summed E-state index contributed by atoms with van der Waals surface area (Å²) in [6, 6.07) is 17.6. The number of amides is 1. The summed E-state index contributed by atoms with van der Waals surface area (Å²) >= 11 is 1.64. The highest BCUT2D eigenvalue weighted by Gasteiger charge is 2.31. The monoisotopic (exact) mass is 479 g/mol. The molecule has 1 amide bonds. The first kappa shape index (κ1) is 24.4. The van der Waals surface area contributed by atoms with Crippen LogP contribution in [-0.4, -0.2) is 67.3 Å². The van der Waals surface area contributed by atoms with Crippen molar-refractivity contribution in [3.05, 3.63) is 81.7 Å². The number of hydrogen-bond donors (Lipinski definition) is 2. The normalized spacial score (nSPS) is 15.8. The van der Waals surface area contributed by atoms with Gasteiger partial charge in [-0.25, -0.2) is 0 Å². The number of nitrogens with one attached hydrogen (secondary N) is 1.